The molecule has 1 saturated carbocycles. The van der Waals surface area contributed by atoms with Gasteiger partial charge in [0.1, 0.15) is 0 Å². The third-order valence-corrected chi connectivity index (χ3v) is 9.33. The first-order valence-electron chi connectivity index (χ1n) is 14.0. The second-order valence-electron chi connectivity index (χ2n) is 10.7. The summed E-state index contributed by atoms with van der Waals surface area (Å²) < 4.78 is 31.2. The highest BCUT2D eigenvalue weighted by atomic mass is 35.5. The van der Waals surface area contributed by atoms with E-state index in [1.54, 1.807) is 71.6 Å². The third-order valence-electron chi connectivity index (χ3n) is 8.27. The Balaban J connectivity index is 1.62. The van der Waals surface area contributed by atoms with Gasteiger partial charge in [-0.15, -0.1) is 0 Å². The van der Waals surface area contributed by atoms with Crippen molar-refractivity contribution in [2.45, 2.75) is 62.6 Å². The Labute approximate surface area is 262 Å². The third kappa shape index (κ3) is 6.66. The summed E-state index contributed by atoms with van der Waals surface area (Å²) in [4.78, 5) is 30.3. The molecular weight excluding hydrogens is 613 g/mol. The molecule has 6 atom stereocenters. The molecule has 3 unspecified atom stereocenters. The molecule has 0 aromatic heterocycles. The van der Waals surface area contributed by atoms with Crippen LogP contribution in [0.1, 0.15) is 76.5 Å². The number of carbonyl (C=O) groups is 2. The molecule has 0 spiro atoms. The Bertz CT molecular complexity index is 1520. The predicted octanol–water partition coefficient (Wildman–Crippen LogP) is 4.92. The molecule has 0 radical (unpaired) electrons. The number of hydrogen-bond donors (Lipinski definition) is 3. The molecular formula is C31H32Cl2N3O6S-. The van der Waals surface area contributed by atoms with E-state index in [2.05, 4.69) is 10.0 Å². The summed E-state index contributed by atoms with van der Waals surface area (Å²) in [5.74, 6) is -1.57. The van der Waals surface area contributed by atoms with E-state index in [1.165, 1.54) is 7.11 Å². The molecule has 2 amide bonds. The average Bonchev–Trinajstić information content (AvgIpc) is 3.00. The number of hydrogen-bond acceptors (Lipinski definition) is 6. The van der Waals surface area contributed by atoms with Crippen molar-refractivity contribution in [1.82, 2.24) is 14.9 Å². The summed E-state index contributed by atoms with van der Waals surface area (Å²) >= 11 is 10.5. The molecule has 43 heavy (non-hydrogen) atoms. The number of aliphatic hydroxyl groups excluding tert-OH is 1. The van der Waals surface area contributed by atoms with Crippen molar-refractivity contribution in [3.05, 3.63) is 105 Å². The number of aliphatic hydroxyl groups is 1. The fraction of sp³-hybridized carbons (Fsp3) is 0.355. The minimum Gasteiger partial charge on any atom is -0.760 e. The molecule has 3 aromatic carbocycles. The van der Waals surface area contributed by atoms with Gasteiger partial charge in [0.05, 0.1) is 12.0 Å². The smallest absolute Gasteiger partial charge is 0.255 e. The highest BCUT2D eigenvalue weighted by Gasteiger charge is 2.49. The topological polar surface area (TPSA) is 131 Å². The van der Waals surface area contributed by atoms with E-state index in [-0.39, 0.29) is 23.4 Å². The maximum atomic E-state index is 14.3. The van der Waals surface area contributed by atoms with Crippen LogP contribution in [0.5, 0.6) is 0 Å². The zero-order valence-electron chi connectivity index (χ0n) is 23.4. The van der Waals surface area contributed by atoms with Crippen molar-refractivity contribution in [2.24, 2.45) is 0 Å². The quantitative estimate of drug-likeness (QED) is 0.224. The van der Waals surface area contributed by atoms with Crippen LogP contribution in [-0.4, -0.2) is 49.8 Å². The van der Waals surface area contributed by atoms with Crippen molar-refractivity contribution in [2.75, 3.05) is 7.11 Å². The highest BCUT2D eigenvalue weighted by molar-refractivity contribution is 7.77. The average molecular weight is 646 g/mol. The lowest BCUT2D eigenvalue weighted by molar-refractivity contribution is -0.124. The summed E-state index contributed by atoms with van der Waals surface area (Å²) in [6.07, 6.45) is 1.50. The van der Waals surface area contributed by atoms with Gasteiger partial charge in [0, 0.05) is 58.2 Å². The highest BCUT2D eigenvalue weighted by Crippen LogP contribution is 2.48. The van der Waals surface area contributed by atoms with Gasteiger partial charge in [0.2, 0.25) is 5.91 Å². The van der Waals surface area contributed by atoms with Gasteiger partial charge >= 0.3 is 0 Å². The normalized spacial score (nSPS) is 23.4. The number of nitrogens with one attached hydrogen (secondary N) is 2. The van der Waals surface area contributed by atoms with Gasteiger partial charge in [0.15, 0.2) is 6.29 Å². The number of carbonyl (C=O) groups excluding carboxylic acids is 2. The van der Waals surface area contributed by atoms with Crippen molar-refractivity contribution < 1.29 is 28.2 Å². The fourth-order valence-electron chi connectivity index (χ4n) is 6.33. The molecule has 3 aromatic rings. The summed E-state index contributed by atoms with van der Waals surface area (Å²) in [5, 5.41) is 14.0. The number of methoxy groups -OCH3 is 1. The van der Waals surface area contributed by atoms with Crippen molar-refractivity contribution in [3.63, 3.8) is 0 Å². The Morgan fingerprint density at radius 1 is 1.09 bits per heavy atom. The standard InChI is InChI=1S/C31H33Cl2N3O6S/c1-42-31(39)20-9-3-2-8-18(20)17-34-29(37)27-21-10-4-5-11-22(21)30(38)36(26-13-7-6-12-25(26)35-43(40)41)28(27)23-15-14-19(32)16-24(23)33/h2-5,8-11,14-16,25-28,31,35,39H,6-7,12-13,17H2,1H3,(H,34,37)(H,40,41)/p-1/t25-,26?,27+,28-,31?/m0/s1. The lowest BCUT2D eigenvalue weighted by Crippen LogP contribution is -2.58. The number of amides is 2. The molecule has 1 aliphatic heterocycles. The predicted molar refractivity (Wildman–Crippen MR) is 163 cm³/mol. The van der Waals surface area contributed by atoms with Crippen LogP contribution in [0.3, 0.4) is 0 Å². The van der Waals surface area contributed by atoms with Crippen molar-refractivity contribution >= 4 is 46.3 Å². The summed E-state index contributed by atoms with van der Waals surface area (Å²) in [6, 6.07) is 17.1. The molecule has 1 fully saturated rings. The van der Waals surface area contributed by atoms with E-state index in [4.69, 9.17) is 27.9 Å². The van der Waals surface area contributed by atoms with E-state index in [9.17, 15) is 23.5 Å². The Kier molecular flexibility index (Phi) is 10.2. The van der Waals surface area contributed by atoms with Crippen LogP contribution in [0.25, 0.3) is 0 Å². The molecule has 9 nitrogen and oxygen atoms in total. The van der Waals surface area contributed by atoms with Crippen LogP contribution in [-0.2, 0) is 27.3 Å². The number of nitrogens with zero attached hydrogens (tertiary/aromatic N) is 1. The number of rotatable bonds is 9. The summed E-state index contributed by atoms with van der Waals surface area (Å²) in [5.41, 5.74) is 2.61. The SMILES string of the molecule is COC(O)c1ccccc1CNC(=O)[C@@H]1c2ccccc2C(=O)N(C2CCCC[C@@H]2NS(=O)[O-])[C@H]1c1ccc(Cl)cc1Cl. The van der Waals surface area contributed by atoms with Crippen LogP contribution in [0.4, 0.5) is 0 Å². The number of halogens is 2. The monoisotopic (exact) mass is 644 g/mol. The van der Waals surface area contributed by atoms with Gasteiger partial charge in [0.25, 0.3) is 5.91 Å². The van der Waals surface area contributed by atoms with Crippen molar-refractivity contribution in [3.8, 4) is 0 Å². The maximum absolute atomic E-state index is 14.3. The van der Waals surface area contributed by atoms with Crippen LogP contribution >= 0.6 is 23.2 Å². The molecule has 2 aliphatic rings. The second kappa shape index (κ2) is 13.9. The number of fused-ring (bicyclic) bond motifs is 1. The number of benzene rings is 3. The maximum Gasteiger partial charge on any atom is 0.255 e. The molecule has 1 heterocycles. The molecule has 228 valence electrons. The van der Waals surface area contributed by atoms with E-state index in [1.807, 2.05) is 0 Å². The molecule has 0 bridgehead atoms. The van der Waals surface area contributed by atoms with Gasteiger partial charge in [-0.05, 0) is 47.7 Å². The molecule has 5 rings (SSSR count). The van der Waals surface area contributed by atoms with Gasteiger partial charge in [-0.25, -0.2) is 4.72 Å². The van der Waals surface area contributed by atoms with Crippen LogP contribution in [0.2, 0.25) is 10.0 Å². The lowest BCUT2D eigenvalue weighted by Gasteiger charge is -2.49. The fourth-order valence-corrected chi connectivity index (χ4v) is 7.37. The number of ether oxygens (including phenoxy) is 1. The van der Waals surface area contributed by atoms with Crippen LogP contribution < -0.4 is 10.0 Å². The Hall–Kier alpha value is -2.83. The van der Waals surface area contributed by atoms with E-state index < -0.39 is 41.6 Å². The summed E-state index contributed by atoms with van der Waals surface area (Å²) in [7, 11) is 1.39. The zero-order valence-corrected chi connectivity index (χ0v) is 25.7. The first kappa shape index (κ1) is 31.6. The Morgan fingerprint density at radius 2 is 1.81 bits per heavy atom. The molecule has 1 aliphatic carbocycles. The molecule has 12 heteroatoms. The van der Waals surface area contributed by atoms with Gasteiger partial charge in [-0.1, -0.05) is 84.6 Å². The lowest BCUT2D eigenvalue weighted by atomic mass is 9.76. The van der Waals surface area contributed by atoms with E-state index in [0.717, 1.165) is 12.8 Å². The van der Waals surface area contributed by atoms with Crippen LogP contribution in [0.15, 0.2) is 66.7 Å². The molecule has 3 N–H and O–H groups in total. The molecule has 0 saturated heterocycles. The first-order valence-corrected chi connectivity index (χ1v) is 15.8. The second-order valence-corrected chi connectivity index (χ2v) is 12.3. The van der Waals surface area contributed by atoms with E-state index in [0.29, 0.717) is 45.7 Å². The zero-order chi connectivity index (χ0) is 30.7. The van der Waals surface area contributed by atoms with Gasteiger partial charge in [-0.2, -0.15) is 0 Å². The van der Waals surface area contributed by atoms with Crippen LogP contribution in [0, 0.1) is 0 Å². The first-order chi connectivity index (χ1) is 20.7. The summed E-state index contributed by atoms with van der Waals surface area (Å²) in [6.45, 7) is 0.0892. The Morgan fingerprint density at radius 3 is 2.56 bits per heavy atom. The van der Waals surface area contributed by atoms with Gasteiger partial charge in [-0.3, -0.25) is 13.8 Å². The van der Waals surface area contributed by atoms with E-state index >= 15 is 0 Å². The largest absolute Gasteiger partial charge is 0.760 e. The van der Waals surface area contributed by atoms with Crippen molar-refractivity contribution in [1.29, 1.82) is 0 Å². The minimum atomic E-state index is -2.55. The van der Waals surface area contributed by atoms with Gasteiger partial charge < -0.3 is 24.6 Å². The minimum absolute atomic E-state index is 0.0892.